The Balaban J connectivity index is 3.25. The number of hydrogen-bond donors (Lipinski definition) is 0. The molecule has 0 amide bonds. The van der Waals surface area contributed by atoms with Gasteiger partial charge in [0.1, 0.15) is 6.10 Å². The van der Waals surface area contributed by atoms with Crippen molar-refractivity contribution >= 4 is 6.72 Å². The van der Waals surface area contributed by atoms with E-state index in [0.29, 0.717) is 5.92 Å². The molecule has 0 heterocycles. The van der Waals surface area contributed by atoms with Crippen LogP contribution in [0.1, 0.15) is 27.2 Å². The summed E-state index contributed by atoms with van der Waals surface area (Å²) in [6.45, 7) is 9.54. The van der Waals surface area contributed by atoms with Crippen molar-refractivity contribution in [3.63, 3.8) is 0 Å². The van der Waals surface area contributed by atoms with E-state index in [0.717, 1.165) is 6.42 Å². The highest BCUT2D eigenvalue weighted by molar-refractivity contribution is 5.21. The van der Waals surface area contributed by atoms with Crippen molar-refractivity contribution in [2.45, 2.75) is 33.3 Å². The Morgan fingerprint density at radius 2 is 2.00 bits per heavy atom. The van der Waals surface area contributed by atoms with Gasteiger partial charge >= 0.3 is 0 Å². The molecule has 0 aromatic heterocycles. The monoisotopic (exact) mass is 129 g/mol. The molecular weight excluding hydrogens is 114 g/mol. The molecule has 0 bridgehead atoms. The lowest BCUT2D eigenvalue weighted by Crippen LogP contribution is -2.07. The normalized spacial score (nSPS) is 13.3. The molecule has 1 unspecified atom stereocenters. The maximum Gasteiger partial charge on any atom is 0.125 e. The molecule has 0 aromatic rings. The van der Waals surface area contributed by atoms with Gasteiger partial charge < -0.3 is 4.84 Å². The van der Waals surface area contributed by atoms with E-state index in [1.54, 1.807) is 0 Å². The van der Waals surface area contributed by atoms with Gasteiger partial charge in [-0.05, 0) is 19.3 Å². The Bertz CT molecular complexity index is 81.0. The number of hydrogen-bond acceptors (Lipinski definition) is 2. The molecule has 0 N–H and O–H groups in total. The molecule has 0 fully saturated rings. The van der Waals surface area contributed by atoms with Crippen LogP contribution in [-0.2, 0) is 4.84 Å². The summed E-state index contributed by atoms with van der Waals surface area (Å²) in [6.07, 6.45) is 1.25. The molecule has 0 aliphatic rings. The van der Waals surface area contributed by atoms with Crippen LogP contribution in [0.15, 0.2) is 5.16 Å². The molecule has 0 aliphatic heterocycles. The van der Waals surface area contributed by atoms with E-state index < -0.39 is 0 Å². The third-order valence-electron chi connectivity index (χ3n) is 1.06. The lowest BCUT2D eigenvalue weighted by molar-refractivity contribution is 0.0596. The van der Waals surface area contributed by atoms with Crippen LogP contribution >= 0.6 is 0 Å². The summed E-state index contributed by atoms with van der Waals surface area (Å²) in [5.41, 5.74) is 0. The third kappa shape index (κ3) is 5.34. The summed E-state index contributed by atoms with van der Waals surface area (Å²) < 4.78 is 0. The van der Waals surface area contributed by atoms with Gasteiger partial charge in [-0.2, -0.15) is 0 Å². The summed E-state index contributed by atoms with van der Waals surface area (Å²) in [5.74, 6) is 0.668. The number of oxime groups is 1. The van der Waals surface area contributed by atoms with E-state index in [9.17, 15) is 0 Å². The van der Waals surface area contributed by atoms with Gasteiger partial charge in [-0.1, -0.05) is 13.8 Å². The maximum absolute atomic E-state index is 4.87. The molecule has 0 saturated carbocycles. The Labute approximate surface area is 56.9 Å². The topological polar surface area (TPSA) is 21.6 Å². The quantitative estimate of drug-likeness (QED) is 0.420. The lowest BCUT2D eigenvalue weighted by Gasteiger charge is -2.10. The molecule has 9 heavy (non-hydrogen) atoms. The number of rotatable bonds is 4. The first-order valence-corrected chi connectivity index (χ1v) is 3.28. The third-order valence-corrected chi connectivity index (χ3v) is 1.06. The molecule has 0 radical (unpaired) electrons. The van der Waals surface area contributed by atoms with Gasteiger partial charge in [-0.3, -0.25) is 0 Å². The molecule has 54 valence electrons. The zero-order valence-electron chi connectivity index (χ0n) is 6.42. The Morgan fingerprint density at radius 1 is 1.44 bits per heavy atom. The van der Waals surface area contributed by atoms with Gasteiger partial charge in [0.15, 0.2) is 0 Å². The van der Waals surface area contributed by atoms with Crippen LogP contribution in [0.25, 0.3) is 0 Å². The summed E-state index contributed by atoms with van der Waals surface area (Å²) in [6, 6.07) is 0. The molecule has 0 saturated heterocycles. The second-order valence-electron chi connectivity index (χ2n) is 2.67. The highest BCUT2D eigenvalue weighted by Crippen LogP contribution is 2.06. The van der Waals surface area contributed by atoms with Gasteiger partial charge in [-0.15, -0.1) is 5.16 Å². The molecular formula is C7H15NO. The molecule has 2 nitrogen and oxygen atoms in total. The van der Waals surface area contributed by atoms with Crippen molar-refractivity contribution in [1.82, 2.24) is 0 Å². The minimum absolute atomic E-state index is 0.211. The smallest absolute Gasteiger partial charge is 0.125 e. The van der Waals surface area contributed by atoms with Crippen LogP contribution in [0.5, 0.6) is 0 Å². The van der Waals surface area contributed by atoms with E-state index in [2.05, 4.69) is 25.7 Å². The van der Waals surface area contributed by atoms with E-state index in [1.807, 2.05) is 6.92 Å². The molecule has 0 aliphatic carbocycles. The predicted octanol–water partition coefficient (Wildman–Crippen LogP) is 2.05. The Kier molecular flexibility index (Phi) is 4.10. The summed E-state index contributed by atoms with van der Waals surface area (Å²) in [5, 5.41) is 3.34. The van der Waals surface area contributed by atoms with E-state index in [-0.39, 0.29) is 6.10 Å². The predicted molar refractivity (Wildman–Crippen MR) is 39.6 cm³/mol. The zero-order chi connectivity index (χ0) is 7.28. The van der Waals surface area contributed by atoms with Crippen molar-refractivity contribution < 1.29 is 4.84 Å². The minimum atomic E-state index is 0.211. The van der Waals surface area contributed by atoms with Gasteiger partial charge in [0.05, 0.1) is 0 Å². The van der Waals surface area contributed by atoms with E-state index in [1.165, 1.54) is 0 Å². The second-order valence-corrected chi connectivity index (χ2v) is 2.67. The Hall–Kier alpha value is -0.530. The highest BCUT2D eigenvalue weighted by atomic mass is 16.6. The fourth-order valence-electron chi connectivity index (χ4n) is 0.834. The van der Waals surface area contributed by atoms with Gasteiger partial charge in [-0.25, -0.2) is 0 Å². The summed E-state index contributed by atoms with van der Waals surface area (Å²) in [7, 11) is 0. The standard InChI is InChI=1S/C7H15NO/c1-6(2)5-7(3)9-8-4/h6-7H,4-5H2,1-3H3. The van der Waals surface area contributed by atoms with E-state index >= 15 is 0 Å². The van der Waals surface area contributed by atoms with E-state index in [4.69, 9.17) is 4.84 Å². The minimum Gasteiger partial charge on any atom is -0.393 e. The van der Waals surface area contributed by atoms with Gasteiger partial charge in [0.25, 0.3) is 0 Å². The first-order chi connectivity index (χ1) is 4.16. The molecule has 0 aromatic carbocycles. The van der Waals surface area contributed by atoms with Crippen LogP contribution in [0.4, 0.5) is 0 Å². The van der Waals surface area contributed by atoms with Crippen LogP contribution in [-0.4, -0.2) is 12.8 Å². The molecule has 2 heteroatoms. The van der Waals surface area contributed by atoms with Crippen LogP contribution in [0.3, 0.4) is 0 Å². The molecule has 1 atom stereocenters. The first kappa shape index (κ1) is 8.47. The van der Waals surface area contributed by atoms with Crippen molar-refractivity contribution in [2.75, 3.05) is 0 Å². The van der Waals surface area contributed by atoms with Crippen molar-refractivity contribution in [2.24, 2.45) is 11.1 Å². The fourth-order valence-corrected chi connectivity index (χ4v) is 0.834. The van der Waals surface area contributed by atoms with Crippen LogP contribution in [0.2, 0.25) is 0 Å². The molecule has 0 rings (SSSR count). The summed E-state index contributed by atoms with van der Waals surface area (Å²) in [4.78, 5) is 4.87. The lowest BCUT2D eigenvalue weighted by atomic mass is 10.1. The van der Waals surface area contributed by atoms with Crippen molar-refractivity contribution in [3.05, 3.63) is 0 Å². The van der Waals surface area contributed by atoms with Gasteiger partial charge in [0.2, 0.25) is 0 Å². The second kappa shape index (κ2) is 4.36. The Morgan fingerprint density at radius 3 is 2.33 bits per heavy atom. The first-order valence-electron chi connectivity index (χ1n) is 3.28. The average Bonchev–Trinajstić information content (AvgIpc) is 1.63. The maximum atomic E-state index is 4.87. The highest BCUT2D eigenvalue weighted by Gasteiger charge is 2.03. The summed E-state index contributed by atoms with van der Waals surface area (Å²) >= 11 is 0. The van der Waals surface area contributed by atoms with Gasteiger partial charge in [0, 0.05) is 6.72 Å². The van der Waals surface area contributed by atoms with Crippen LogP contribution in [0, 0.1) is 5.92 Å². The largest absolute Gasteiger partial charge is 0.393 e. The van der Waals surface area contributed by atoms with Crippen molar-refractivity contribution in [3.8, 4) is 0 Å². The average molecular weight is 129 g/mol. The molecule has 0 spiro atoms. The van der Waals surface area contributed by atoms with Crippen LogP contribution < -0.4 is 0 Å². The zero-order valence-corrected chi connectivity index (χ0v) is 6.42. The SMILES string of the molecule is C=NOC(C)CC(C)C. The fraction of sp³-hybridized carbons (Fsp3) is 0.857. The number of nitrogens with zero attached hydrogens (tertiary/aromatic N) is 1. The van der Waals surface area contributed by atoms with Crippen molar-refractivity contribution in [1.29, 1.82) is 0 Å².